The first-order valence-corrected chi connectivity index (χ1v) is 5.69. The van der Waals surface area contributed by atoms with E-state index < -0.39 is 5.82 Å². The van der Waals surface area contributed by atoms with Gasteiger partial charge < -0.3 is 10.6 Å². The number of nitrogens with two attached hydrogens (primary N) is 1. The molecule has 2 rings (SSSR count). The highest BCUT2D eigenvalue weighted by Crippen LogP contribution is 2.14. The van der Waals surface area contributed by atoms with E-state index >= 15 is 0 Å². The van der Waals surface area contributed by atoms with Gasteiger partial charge in [0.05, 0.1) is 5.69 Å². The van der Waals surface area contributed by atoms with E-state index in [4.69, 9.17) is 5.73 Å². The first-order valence-electron chi connectivity index (χ1n) is 5.69. The zero-order chi connectivity index (χ0) is 12.3. The summed E-state index contributed by atoms with van der Waals surface area (Å²) in [6.07, 6.45) is 5.32. The van der Waals surface area contributed by atoms with Gasteiger partial charge in [-0.25, -0.2) is 4.39 Å². The lowest BCUT2D eigenvalue weighted by molar-refractivity contribution is -0.124. The average Bonchev–Trinajstić information content (AvgIpc) is 2.84. The monoisotopic (exact) mass is 234 g/mol. The van der Waals surface area contributed by atoms with E-state index in [-0.39, 0.29) is 11.6 Å². The van der Waals surface area contributed by atoms with Crippen LogP contribution in [0.3, 0.4) is 0 Å². The van der Waals surface area contributed by atoms with E-state index in [1.165, 1.54) is 18.2 Å². The highest BCUT2D eigenvalue weighted by Gasteiger charge is 2.14. The van der Waals surface area contributed by atoms with Crippen LogP contribution in [0.1, 0.15) is 18.4 Å². The Balaban J connectivity index is 2.04. The summed E-state index contributed by atoms with van der Waals surface area (Å²) in [6, 6.07) is 4.41. The number of anilines is 1. The molecule has 1 fully saturated rings. The van der Waals surface area contributed by atoms with Gasteiger partial charge in [0.1, 0.15) is 5.82 Å². The van der Waals surface area contributed by atoms with Crippen molar-refractivity contribution in [1.82, 2.24) is 4.90 Å². The Morgan fingerprint density at radius 3 is 2.71 bits per heavy atom. The number of carbonyl (C=O) groups is 1. The second-order valence-corrected chi connectivity index (χ2v) is 4.15. The number of hydrogen-bond donors (Lipinski definition) is 1. The van der Waals surface area contributed by atoms with E-state index in [1.807, 2.05) is 4.90 Å². The first-order chi connectivity index (χ1) is 8.16. The minimum absolute atomic E-state index is 0.00500. The number of nitrogens with zero attached hydrogens (tertiary/aromatic N) is 1. The van der Waals surface area contributed by atoms with Crippen molar-refractivity contribution in [2.45, 2.75) is 12.8 Å². The van der Waals surface area contributed by atoms with Crippen molar-refractivity contribution in [1.29, 1.82) is 0 Å². The number of hydrogen-bond acceptors (Lipinski definition) is 2. The molecular weight excluding hydrogens is 219 g/mol. The fraction of sp³-hybridized carbons (Fsp3) is 0.308. The molecule has 0 radical (unpaired) electrons. The van der Waals surface area contributed by atoms with Crippen molar-refractivity contribution in [3.8, 4) is 0 Å². The number of carbonyl (C=O) groups excluding carboxylic acids is 1. The normalized spacial score (nSPS) is 15.7. The van der Waals surface area contributed by atoms with Crippen LogP contribution in [0.4, 0.5) is 10.1 Å². The molecule has 1 heterocycles. The second kappa shape index (κ2) is 4.99. The Morgan fingerprint density at radius 1 is 1.35 bits per heavy atom. The number of halogens is 1. The van der Waals surface area contributed by atoms with Gasteiger partial charge in [-0.05, 0) is 36.6 Å². The number of benzene rings is 1. The standard InChI is InChI=1S/C13H15FN2O/c14-11-5-3-10(9-12(11)15)4-6-13(17)16-7-1-2-8-16/h3-6,9H,1-2,7-8,15H2/b6-4+. The molecule has 4 heteroatoms. The molecule has 1 amide bonds. The maximum Gasteiger partial charge on any atom is 0.246 e. The maximum atomic E-state index is 12.9. The molecule has 90 valence electrons. The molecule has 1 aromatic rings. The summed E-state index contributed by atoms with van der Waals surface area (Å²) >= 11 is 0. The molecule has 0 bridgehead atoms. The van der Waals surface area contributed by atoms with Crippen molar-refractivity contribution in [3.05, 3.63) is 35.7 Å². The smallest absolute Gasteiger partial charge is 0.246 e. The molecule has 1 aliphatic rings. The van der Waals surface area contributed by atoms with Crippen LogP contribution in [-0.2, 0) is 4.79 Å². The van der Waals surface area contributed by atoms with Gasteiger partial charge in [0.25, 0.3) is 0 Å². The highest BCUT2D eigenvalue weighted by molar-refractivity contribution is 5.92. The van der Waals surface area contributed by atoms with Crippen LogP contribution in [-0.4, -0.2) is 23.9 Å². The molecule has 3 nitrogen and oxygen atoms in total. The third-order valence-corrected chi connectivity index (χ3v) is 2.86. The fourth-order valence-corrected chi connectivity index (χ4v) is 1.88. The lowest BCUT2D eigenvalue weighted by Crippen LogP contribution is -2.25. The number of rotatable bonds is 2. The molecule has 1 aromatic carbocycles. The highest BCUT2D eigenvalue weighted by atomic mass is 19.1. The molecule has 0 aromatic heterocycles. The van der Waals surface area contributed by atoms with Crippen LogP contribution in [0.5, 0.6) is 0 Å². The van der Waals surface area contributed by atoms with E-state index in [1.54, 1.807) is 12.1 Å². The molecular formula is C13H15FN2O. The molecule has 1 aliphatic heterocycles. The van der Waals surface area contributed by atoms with Gasteiger partial charge in [0.2, 0.25) is 5.91 Å². The molecule has 0 unspecified atom stereocenters. The number of likely N-dealkylation sites (tertiary alicyclic amines) is 1. The number of amides is 1. The summed E-state index contributed by atoms with van der Waals surface area (Å²) < 4.78 is 12.9. The SMILES string of the molecule is Nc1cc(/C=C/C(=O)N2CCCC2)ccc1F. The first kappa shape index (κ1) is 11.6. The minimum atomic E-state index is -0.437. The van der Waals surface area contributed by atoms with E-state index in [0.717, 1.165) is 31.5 Å². The van der Waals surface area contributed by atoms with Crippen LogP contribution in [0, 0.1) is 5.82 Å². The van der Waals surface area contributed by atoms with Gasteiger partial charge in [0.15, 0.2) is 0 Å². The molecule has 0 saturated carbocycles. The molecule has 2 N–H and O–H groups in total. The average molecular weight is 234 g/mol. The van der Waals surface area contributed by atoms with Crippen molar-refractivity contribution in [2.75, 3.05) is 18.8 Å². The Labute approximate surface area is 99.7 Å². The van der Waals surface area contributed by atoms with Crippen molar-refractivity contribution >= 4 is 17.7 Å². The summed E-state index contributed by atoms with van der Waals surface area (Å²) in [5.41, 5.74) is 6.28. The lowest BCUT2D eigenvalue weighted by Gasteiger charge is -2.11. The molecule has 17 heavy (non-hydrogen) atoms. The summed E-state index contributed by atoms with van der Waals surface area (Å²) in [5.74, 6) is -0.432. The molecule has 0 spiro atoms. The van der Waals surface area contributed by atoms with Crippen LogP contribution in [0.15, 0.2) is 24.3 Å². The molecule has 1 saturated heterocycles. The van der Waals surface area contributed by atoms with Gasteiger partial charge in [0, 0.05) is 19.2 Å². The predicted molar refractivity (Wildman–Crippen MR) is 65.7 cm³/mol. The Morgan fingerprint density at radius 2 is 2.06 bits per heavy atom. The van der Waals surface area contributed by atoms with Gasteiger partial charge in [-0.3, -0.25) is 4.79 Å². The topological polar surface area (TPSA) is 46.3 Å². The molecule has 0 atom stereocenters. The van der Waals surface area contributed by atoms with Gasteiger partial charge >= 0.3 is 0 Å². The van der Waals surface area contributed by atoms with Crippen molar-refractivity contribution < 1.29 is 9.18 Å². The van der Waals surface area contributed by atoms with Crippen molar-refractivity contribution in [2.24, 2.45) is 0 Å². The second-order valence-electron chi connectivity index (χ2n) is 4.15. The summed E-state index contributed by atoms with van der Waals surface area (Å²) in [7, 11) is 0. The zero-order valence-electron chi connectivity index (χ0n) is 9.53. The van der Waals surface area contributed by atoms with Crippen LogP contribution in [0.2, 0.25) is 0 Å². The van der Waals surface area contributed by atoms with Crippen LogP contribution >= 0.6 is 0 Å². The third-order valence-electron chi connectivity index (χ3n) is 2.86. The summed E-state index contributed by atoms with van der Waals surface area (Å²) in [6.45, 7) is 1.66. The number of nitrogen functional groups attached to an aromatic ring is 1. The van der Waals surface area contributed by atoms with Crippen LogP contribution < -0.4 is 5.73 Å². The predicted octanol–water partition coefficient (Wildman–Crippen LogP) is 2.04. The van der Waals surface area contributed by atoms with E-state index in [9.17, 15) is 9.18 Å². The quantitative estimate of drug-likeness (QED) is 0.628. The summed E-state index contributed by atoms with van der Waals surface area (Å²) in [4.78, 5) is 13.5. The Bertz CT molecular complexity index is 451. The summed E-state index contributed by atoms with van der Waals surface area (Å²) in [5, 5.41) is 0. The van der Waals surface area contributed by atoms with Gasteiger partial charge in [-0.1, -0.05) is 6.07 Å². The largest absolute Gasteiger partial charge is 0.396 e. The molecule has 0 aliphatic carbocycles. The third kappa shape index (κ3) is 2.84. The van der Waals surface area contributed by atoms with E-state index in [0.29, 0.717) is 0 Å². The maximum absolute atomic E-state index is 12.9. The fourth-order valence-electron chi connectivity index (χ4n) is 1.88. The Kier molecular flexibility index (Phi) is 3.42. The minimum Gasteiger partial charge on any atom is -0.396 e. The Hall–Kier alpha value is -1.84. The zero-order valence-corrected chi connectivity index (χ0v) is 9.53. The van der Waals surface area contributed by atoms with Gasteiger partial charge in [-0.15, -0.1) is 0 Å². The van der Waals surface area contributed by atoms with Gasteiger partial charge in [-0.2, -0.15) is 0 Å². The lowest BCUT2D eigenvalue weighted by atomic mass is 10.2. The van der Waals surface area contributed by atoms with E-state index in [2.05, 4.69) is 0 Å². The van der Waals surface area contributed by atoms with Crippen LogP contribution in [0.25, 0.3) is 6.08 Å². The van der Waals surface area contributed by atoms with Crippen molar-refractivity contribution in [3.63, 3.8) is 0 Å².